The molecule has 120 valence electrons. The van der Waals surface area contributed by atoms with Crippen molar-refractivity contribution < 1.29 is 9.53 Å². The summed E-state index contributed by atoms with van der Waals surface area (Å²) in [6.07, 6.45) is 2.30. The van der Waals surface area contributed by atoms with Crippen LogP contribution in [0.3, 0.4) is 0 Å². The fraction of sp³-hybridized carbons (Fsp3) is 0.562. The van der Waals surface area contributed by atoms with Crippen molar-refractivity contribution in [2.45, 2.75) is 39.3 Å². The molecule has 0 radical (unpaired) electrons. The molecule has 0 aliphatic carbocycles. The molecule has 1 fully saturated rings. The third-order valence-corrected chi connectivity index (χ3v) is 5.70. The Balaban J connectivity index is 1.83. The molecule has 6 heteroatoms. The van der Waals surface area contributed by atoms with Crippen LogP contribution in [0.5, 0.6) is 0 Å². The largest absolute Gasteiger partial charge is 0.376 e. The fourth-order valence-electron chi connectivity index (χ4n) is 2.88. The number of hydrogen-bond acceptors (Lipinski definition) is 3. The van der Waals surface area contributed by atoms with Crippen LogP contribution >= 0.6 is 27.3 Å². The Kier molecular flexibility index (Phi) is 4.90. The maximum atomic E-state index is 12.6. The van der Waals surface area contributed by atoms with Crippen LogP contribution in [0.4, 0.5) is 0 Å². The minimum atomic E-state index is -0.00792. The average Bonchev–Trinajstić information content (AvgIpc) is 3.16. The molecule has 0 saturated carbocycles. The van der Waals surface area contributed by atoms with Gasteiger partial charge in [-0.15, -0.1) is 11.3 Å². The number of ether oxygens (including phenoxy) is 1. The van der Waals surface area contributed by atoms with Crippen molar-refractivity contribution in [1.29, 1.82) is 0 Å². The monoisotopic (exact) mass is 384 g/mol. The van der Waals surface area contributed by atoms with Gasteiger partial charge in [0.1, 0.15) is 5.69 Å². The number of halogens is 1. The van der Waals surface area contributed by atoms with Crippen molar-refractivity contribution in [3.63, 3.8) is 0 Å². The second-order valence-corrected chi connectivity index (χ2v) is 7.94. The molecular weight excluding hydrogens is 364 g/mol. The quantitative estimate of drug-likeness (QED) is 0.845. The molecule has 3 rings (SSSR count). The van der Waals surface area contributed by atoms with Gasteiger partial charge in [-0.2, -0.15) is 0 Å². The molecule has 0 aromatic carbocycles. The first kappa shape index (κ1) is 16.0. The number of thiophene rings is 1. The molecule has 3 heterocycles. The van der Waals surface area contributed by atoms with Gasteiger partial charge in [0.15, 0.2) is 0 Å². The van der Waals surface area contributed by atoms with Gasteiger partial charge in [-0.25, -0.2) is 0 Å². The van der Waals surface area contributed by atoms with Crippen molar-refractivity contribution in [3.8, 4) is 0 Å². The van der Waals surface area contributed by atoms with Crippen molar-refractivity contribution in [2.24, 2.45) is 5.92 Å². The van der Waals surface area contributed by atoms with E-state index in [0.717, 1.165) is 46.4 Å². The number of aromatic nitrogens is 1. The Bertz CT molecular complexity index is 671. The fourth-order valence-corrected chi connectivity index (χ4v) is 4.57. The molecule has 1 amide bonds. The lowest BCUT2D eigenvalue weighted by Gasteiger charge is -2.15. The first-order chi connectivity index (χ1) is 10.6. The van der Waals surface area contributed by atoms with Gasteiger partial charge >= 0.3 is 0 Å². The van der Waals surface area contributed by atoms with Crippen LogP contribution in [0.15, 0.2) is 15.9 Å². The molecule has 4 nitrogen and oxygen atoms in total. The van der Waals surface area contributed by atoms with Gasteiger partial charge in [-0.1, -0.05) is 13.8 Å². The summed E-state index contributed by atoms with van der Waals surface area (Å²) in [5.74, 6) is 0.471. The van der Waals surface area contributed by atoms with Gasteiger partial charge in [-0.05, 0) is 40.8 Å². The Labute approximate surface area is 143 Å². The van der Waals surface area contributed by atoms with E-state index in [1.54, 1.807) is 11.3 Å². The normalized spacial score (nSPS) is 18.5. The lowest BCUT2D eigenvalue weighted by molar-refractivity contribution is 0.0850. The Hall–Kier alpha value is -0.850. The molecule has 1 aliphatic rings. The summed E-state index contributed by atoms with van der Waals surface area (Å²) in [6, 6.07) is 2.00. The third kappa shape index (κ3) is 3.24. The molecule has 1 saturated heterocycles. The van der Waals surface area contributed by atoms with Gasteiger partial charge in [0.25, 0.3) is 5.91 Å². The lowest BCUT2D eigenvalue weighted by Crippen LogP contribution is -2.33. The van der Waals surface area contributed by atoms with Crippen molar-refractivity contribution in [2.75, 3.05) is 13.2 Å². The summed E-state index contributed by atoms with van der Waals surface area (Å²) >= 11 is 5.27. The molecule has 1 aliphatic heterocycles. The maximum Gasteiger partial charge on any atom is 0.268 e. The number of amides is 1. The van der Waals surface area contributed by atoms with E-state index < -0.39 is 0 Å². The highest BCUT2D eigenvalue weighted by molar-refractivity contribution is 9.10. The summed E-state index contributed by atoms with van der Waals surface area (Å²) in [5, 5.41) is 5.11. The van der Waals surface area contributed by atoms with Crippen LogP contribution in [0, 0.1) is 5.92 Å². The van der Waals surface area contributed by atoms with E-state index in [9.17, 15) is 4.79 Å². The molecular formula is C16H21BrN2O2S. The van der Waals surface area contributed by atoms with Crippen LogP contribution in [-0.2, 0) is 11.3 Å². The Morgan fingerprint density at radius 3 is 3.09 bits per heavy atom. The van der Waals surface area contributed by atoms with Crippen LogP contribution in [0.2, 0.25) is 0 Å². The van der Waals surface area contributed by atoms with Gasteiger partial charge in [0.05, 0.1) is 20.8 Å². The highest BCUT2D eigenvalue weighted by atomic mass is 79.9. The van der Waals surface area contributed by atoms with Crippen LogP contribution in [0.25, 0.3) is 10.2 Å². The van der Waals surface area contributed by atoms with Gasteiger partial charge < -0.3 is 14.6 Å². The minimum Gasteiger partial charge on any atom is -0.376 e. The molecule has 0 bridgehead atoms. The van der Waals surface area contributed by atoms with E-state index in [0.29, 0.717) is 12.5 Å². The standard InChI is InChI=1S/C16H21BrN2O2S/c1-10(2)8-19-13(6-14-15(19)12(17)9-22-14)16(20)18-7-11-4-3-5-21-11/h6,9-11H,3-5,7-8H2,1-2H3,(H,18,20). The number of fused-ring (bicyclic) bond motifs is 1. The molecule has 1 unspecified atom stereocenters. The summed E-state index contributed by atoms with van der Waals surface area (Å²) in [7, 11) is 0. The SMILES string of the molecule is CC(C)Cn1c(C(=O)NCC2CCCO2)cc2scc(Br)c21. The van der Waals surface area contributed by atoms with Crippen LogP contribution in [-0.4, -0.2) is 29.7 Å². The number of rotatable bonds is 5. The minimum absolute atomic E-state index is 0.00792. The van der Waals surface area contributed by atoms with Crippen LogP contribution in [0.1, 0.15) is 37.2 Å². The zero-order valence-electron chi connectivity index (χ0n) is 12.9. The zero-order valence-corrected chi connectivity index (χ0v) is 15.3. The first-order valence-electron chi connectivity index (χ1n) is 7.72. The summed E-state index contributed by atoms with van der Waals surface area (Å²) < 4.78 is 9.91. The third-order valence-electron chi connectivity index (χ3n) is 3.87. The number of nitrogens with zero attached hydrogens (tertiary/aromatic N) is 1. The molecule has 2 aromatic rings. The Morgan fingerprint density at radius 2 is 2.41 bits per heavy atom. The van der Waals surface area contributed by atoms with Gasteiger partial charge in [0.2, 0.25) is 0 Å². The predicted molar refractivity (Wildman–Crippen MR) is 93.7 cm³/mol. The second kappa shape index (κ2) is 6.72. The molecule has 0 spiro atoms. The summed E-state index contributed by atoms with van der Waals surface area (Å²) in [6.45, 7) is 6.58. The average molecular weight is 385 g/mol. The van der Waals surface area contributed by atoms with E-state index in [1.165, 1.54) is 0 Å². The van der Waals surface area contributed by atoms with Crippen LogP contribution < -0.4 is 5.32 Å². The number of nitrogens with one attached hydrogen (secondary N) is 1. The second-order valence-electron chi connectivity index (χ2n) is 6.18. The smallest absolute Gasteiger partial charge is 0.268 e. The van der Waals surface area contributed by atoms with E-state index in [4.69, 9.17) is 4.74 Å². The number of carbonyl (C=O) groups is 1. The Morgan fingerprint density at radius 1 is 1.59 bits per heavy atom. The van der Waals surface area contributed by atoms with E-state index in [2.05, 4.69) is 45.0 Å². The van der Waals surface area contributed by atoms with E-state index in [1.807, 2.05) is 6.07 Å². The summed E-state index contributed by atoms with van der Waals surface area (Å²) in [5.41, 5.74) is 1.87. The number of carbonyl (C=O) groups excluding carboxylic acids is 1. The van der Waals surface area contributed by atoms with E-state index >= 15 is 0 Å². The predicted octanol–water partition coefficient (Wildman–Crippen LogP) is 4.03. The van der Waals surface area contributed by atoms with Crippen molar-refractivity contribution in [3.05, 3.63) is 21.6 Å². The molecule has 22 heavy (non-hydrogen) atoms. The summed E-state index contributed by atoms with van der Waals surface area (Å²) in [4.78, 5) is 12.6. The van der Waals surface area contributed by atoms with Crippen molar-refractivity contribution in [1.82, 2.24) is 9.88 Å². The maximum absolute atomic E-state index is 12.6. The number of hydrogen-bond donors (Lipinski definition) is 1. The zero-order chi connectivity index (χ0) is 15.7. The lowest BCUT2D eigenvalue weighted by atomic mass is 10.2. The first-order valence-corrected chi connectivity index (χ1v) is 9.39. The highest BCUT2D eigenvalue weighted by Gasteiger charge is 2.21. The molecule has 2 aromatic heterocycles. The topological polar surface area (TPSA) is 43.3 Å². The van der Waals surface area contributed by atoms with Gasteiger partial charge in [0, 0.05) is 25.1 Å². The van der Waals surface area contributed by atoms with E-state index in [-0.39, 0.29) is 12.0 Å². The molecule has 1 N–H and O–H groups in total. The molecule has 1 atom stereocenters. The van der Waals surface area contributed by atoms with Gasteiger partial charge in [-0.3, -0.25) is 4.79 Å². The van der Waals surface area contributed by atoms with Crippen molar-refractivity contribution >= 4 is 43.4 Å². The highest BCUT2D eigenvalue weighted by Crippen LogP contribution is 2.33.